The van der Waals surface area contributed by atoms with Crippen LogP contribution in [0.5, 0.6) is 0 Å². The molecule has 0 heterocycles. The van der Waals surface area contributed by atoms with E-state index in [0.717, 1.165) is 24.9 Å². The summed E-state index contributed by atoms with van der Waals surface area (Å²) in [5.74, 6) is -0.568. The number of nitrogens with zero attached hydrogens (tertiary/aromatic N) is 1. The van der Waals surface area contributed by atoms with Gasteiger partial charge in [-0.2, -0.15) is 0 Å². The lowest BCUT2D eigenvalue weighted by molar-refractivity contribution is 0.0792. The largest absolute Gasteiger partial charge is 0.366 e. The average Bonchev–Trinajstić information content (AvgIpc) is 2.41. The standard InChI is InChI=1S/C16H24N2O2/c1-4-5-6-7-8-18(3)16(20)14-10-12(2)9-13(11-14)15(17)19/h9-11H,4-8H2,1-3H3,(H2,17,19). The van der Waals surface area contributed by atoms with E-state index in [-0.39, 0.29) is 5.91 Å². The molecular weight excluding hydrogens is 252 g/mol. The molecule has 4 heteroatoms. The maximum Gasteiger partial charge on any atom is 0.253 e. The first-order valence-corrected chi connectivity index (χ1v) is 7.12. The van der Waals surface area contributed by atoms with Gasteiger partial charge in [-0.25, -0.2) is 0 Å². The van der Waals surface area contributed by atoms with Crippen molar-refractivity contribution >= 4 is 11.8 Å². The number of unbranched alkanes of at least 4 members (excludes halogenated alkanes) is 3. The summed E-state index contributed by atoms with van der Waals surface area (Å²) in [6.07, 6.45) is 4.51. The van der Waals surface area contributed by atoms with Crippen molar-refractivity contribution in [2.24, 2.45) is 5.73 Å². The summed E-state index contributed by atoms with van der Waals surface area (Å²) in [5.41, 5.74) is 7.05. The number of carbonyl (C=O) groups excluding carboxylic acids is 2. The lowest BCUT2D eigenvalue weighted by Gasteiger charge is -2.17. The minimum Gasteiger partial charge on any atom is -0.366 e. The zero-order valence-corrected chi connectivity index (χ0v) is 12.6. The van der Waals surface area contributed by atoms with E-state index in [1.807, 2.05) is 6.92 Å². The molecule has 1 aromatic carbocycles. The summed E-state index contributed by atoms with van der Waals surface area (Å²) in [6.45, 7) is 4.75. The Morgan fingerprint density at radius 2 is 1.75 bits per heavy atom. The molecule has 0 atom stereocenters. The number of aryl methyl sites for hydroxylation is 1. The van der Waals surface area contributed by atoms with Gasteiger partial charge in [0.2, 0.25) is 5.91 Å². The van der Waals surface area contributed by atoms with Gasteiger partial charge in [0.1, 0.15) is 0 Å². The summed E-state index contributed by atoms with van der Waals surface area (Å²) in [4.78, 5) is 25.3. The molecule has 0 aliphatic heterocycles. The molecule has 2 N–H and O–H groups in total. The molecule has 1 rings (SSSR count). The van der Waals surface area contributed by atoms with Gasteiger partial charge in [-0.1, -0.05) is 26.2 Å². The van der Waals surface area contributed by atoms with E-state index in [4.69, 9.17) is 5.73 Å². The van der Waals surface area contributed by atoms with Crippen LogP contribution in [0.4, 0.5) is 0 Å². The number of hydrogen-bond acceptors (Lipinski definition) is 2. The van der Waals surface area contributed by atoms with Gasteiger partial charge < -0.3 is 10.6 Å². The summed E-state index contributed by atoms with van der Waals surface area (Å²) in [6, 6.07) is 5.05. The van der Waals surface area contributed by atoms with Gasteiger partial charge in [-0.15, -0.1) is 0 Å². The van der Waals surface area contributed by atoms with Crippen molar-refractivity contribution in [3.63, 3.8) is 0 Å². The highest BCUT2D eigenvalue weighted by Crippen LogP contribution is 2.12. The minimum absolute atomic E-state index is 0.0623. The molecule has 0 aliphatic carbocycles. The lowest BCUT2D eigenvalue weighted by Crippen LogP contribution is -2.28. The number of amides is 2. The monoisotopic (exact) mass is 276 g/mol. The number of carbonyl (C=O) groups is 2. The van der Waals surface area contributed by atoms with Crippen LogP contribution in [-0.2, 0) is 0 Å². The van der Waals surface area contributed by atoms with E-state index in [0.29, 0.717) is 11.1 Å². The smallest absolute Gasteiger partial charge is 0.253 e. The first-order chi connectivity index (χ1) is 9.45. The van der Waals surface area contributed by atoms with E-state index < -0.39 is 5.91 Å². The minimum atomic E-state index is -0.506. The van der Waals surface area contributed by atoms with E-state index in [1.54, 1.807) is 30.1 Å². The number of nitrogens with two attached hydrogens (primary N) is 1. The zero-order valence-electron chi connectivity index (χ0n) is 12.6. The second-order valence-electron chi connectivity index (χ2n) is 5.24. The van der Waals surface area contributed by atoms with E-state index in [1.165, 1.54) is 12.8 Å². The molecule has 0 unspecified atom stereocenters. The van der Waals surface area contributed by atoms with Crippen molar-refractivity contribution in [1.29, 1.82) is 0 Å². The fourth-order valence-corrected chi connectivity index (χ4v) is 2.15. The van der Waals surface area contributed by atoms with Crippen LogP contribution in [0, 0.1) is 6.92 Å². The Hall–Kier alpha value is -1.84. The third-order valence-electron chi connectivity index (χ3n) is 3.30. The second-order valence-corrected chi connectivity index (χ2v) is 5.24. The quantitative estimate of drug-likeness (QED) is 0.778. The van der Waals surface area contributed by atoms with Crippen LogP contribution in [0.2, 0.25) is 0 Å². The van der Waals surface area contributed by atoms with Crippen LogP contribution >= 0.6 is 0 Å². The maximum atomic E-state index is 12.3. The van der Waals surface area contributed by atoms with Crippen LogP contribution in [0.3, 0.4) is 0 Å². The Bertz CT molecular complexity index is 483. The molecule has 0 spiro atoms. The molecule has 0 saturated heterocycles. The summed E-state index contributed by atoms with van der Waals surface area (Å²) < 4.78 is 0. The molecule has 2 amide bonds. The topological polar surface area (TPSA) is 63.4 Å². The molecule has 4 nitrogen and oxygen atoms in total. The van der Waals surface area contributed by atoms with Gasteiger partial charge in [-0.3, -0.25) is 9.59 Å². The zero-order chi connectivity index (χ0) is 15.1. The van der Waals surface area contributed by atoms with Gasteiger partial charge in [0.15, 0.2) is 0 Å². The number of hydrogen-bond donors (Lipinski definition) is 1. The van der Waals surface area contributed by atoms with Gasteiger partial charge in [-0.05, 0) is 37.1 Å². The molecule has 0 saturated carbocycles. The van der Waals surface area contributed by atoms with Crippen molar-refractivity contribution in [3.8, 4) is 0 Å². The molecule has 0 bridgehead atoms. The van der Waals surface area contributed by atoms with Gasteiger partial charge >= 0.3 is 0 Å². The van der Waals surface area contributed by atoms with Gasteiger partial charge in [0.25, 0.3) is 5.91 Å². The van der Waals surface area contributed by atoms with Crippen LogP contribution in [0.1, 0.15) is 58.9 Å². The summed E-state index contributed by atoms with van der Waals surface area (Å²) in [7, 11) is 1.79. The van der Waals surface area contributed by atoms with Crippen molar-refractivity contribution in [3.05, 3.63) is 34.9 Å². The van der Waals surface area contributed by atoms with Crippen LogP contribution < -0.4 is 5.73 Å². The van der Waals surface area contributed by atoms with E-state index in [2.05, 4.69) is 6.92 Å². The van der Waals surface area contributed by atoms with Gasteiger partial charge in [0, 0.05) is 24.7 Å². The highest BCUT2D eigenvalue weighted by molar-refractivity contribution is 5.99. The van der Waals surface area contributed by atoms with Crippen molar-refractivity contribution in [2.75, 3.05) is 13.6 Å². The molecule has 0 radical (unpaired) electrons. The molecule has 20 heavy (non-hydrogen) atoms. The predicted octanol–water partition coefficient (Wildman–Crippen LogP) is 2.75. The fourth-order valence-electron chi connectivity index (χ4n) is 2.15. The SMILES string of the molecule is CCCCCCN(C)C(=O)c1cc(C)cc(C(N)=O)c1. The third kappa shape index (κ3) is 4.68. The lowest BCUT2D eigenvalue weighted by atomic mass is 10.0. The number of rotatable bonds is 7. The van der Waals surface area contributed by atoms with E-state index in [9.17, 15) is 9.59 Å². The molecular formula is C16H24N2O2. The average molecular weight is 276 g/mol. The Morgan fingerprint density at radius 1 is 1.10 bits per heavy atom. The second kappa shape index (κ2) is 7.68. The van der Waals surface area contributed by atoms with Crippen LogP contribution in [0.15, 0.2) is 18.2 Å². The molecule has 1 aromatic rings. The highest BCUT2D eigenvalue weighted by Gasteiger charge is 2.14. The fraction of sp³-hybridized carbons (Fsp3) is 0.500. The van der Waals surface area contributed by atoms with Crippen molar-refractivity contribution in [1.82, 2.24) is 4.90 Å². The molecule has 110 valence electrons. The van der Waals surface area contributed by atoms with Crippen LogP contribution in [0.25, 0.3) is 0 Å². The summed E-state index contributed by atoms with van der Waals surface area (Å²) in [5, 5.41) is 0. The summed E-state index contributed by atoms with van der Waals surface area (Å²) >= 11 is 0. The third-order valence-corrected chi connectivity index (χ3v) is 3.30. The first-order valence-electron chi connectivity index (χ1n) is 7.12. The Labute approximate surface area is 121 Å². The predicted molar refractivity (Wildman–Crippen MR) is 80.8 cm³/mol. The molecule has 0 aliphatic rings. The Morgan fingerprint density at radius 3 is 2.35 bits per heavy atom. The van der Waals surface area contributed by atoms with Gasteiger partial charge in [0.05, 0.1) is 0 Å². The first kappa shape index (κ1) is 16.2. The van der Waals surface area contributed by atoms with Crippen molar-refractivity contribution < 1.29 is 9.59 Å². The highest BCUT2D eigenvalue weighted by atomic mass is 16.2. The van der Waals surface area contributed by atoms with E-state index >= 15 is 0 Å². The van der Waals surface area contributed by atoms with Crippen molar-refractivity contribution in [2.45, 2.75) is 39.5 Å². The number of primary amides is 1. The maximum absolute atomic E-state index is 12.3. The molecule has 0 aromatic heterocycles. The number of benzene rings is 1. The normalized spacial score (nSPS) is 10.3. The molecule has 0 fully saturated rings. The Balaban J connectivity index is 2.73. The Kier molecular flexibility index (Phi) is 6.22. The van der Waals surface area contributed by atoms with Crippen LogP contribution in [-0.4, -0.2) is 30.3 Å².